The molecular weight excluding hydrogens is 124 g/mol. The molecule has 0 atom stereocenters. The second kappa shape index (κ2) is 8.44. The Balaban J connectivity index is 3.09. The first kappa shape index (κ1) is 9.44. The zero-order chi connectivity index (χ0) is 7.66. The molecule has 1 N–H and O–H groups in total. The molecule has 0 saturated heterocycles. The lowest BCUT2D eigenvalue weighted by molar-refractivity contribution is 0.302. The minimum Gasteiger partial charge on any atom is -0.396 e. The average Bonchev–Trinajstić information content (AvgIpc) is 1.97. The molecular formula is C9H16O. The number of rotatable bonds is 5. The maximum absolute atomic E-state index is 8.40. The van der Waals surface area contributed by atoms with Crippen LogP contribution in [0.5, 0.6) is 0 Å². The van der Waals surface area contributed by atoms with Gasteiger partial charge in [-0.05, 0) is 19.3 Å². The summed E-state index contributed by atoms with van der Waals surface area (Å²) in [5, 5.41) is 8.40. The van der Waals surface area contributed by atoms with E-state index in [9.17, 15) is 0 Å². The molecule has 0 saturated carbocycles. The van der Waals surface area contributed by atoms with Crippen LogP contribution in [0.1, 0.15) is 26.2 Å². The Morgan fingerprint density at radius 3 is 2.40 bits per heavy atom. The fourth-order valence-electron chi connectivity index (χ4n) is 0.630. The number of aliphatic hydroxyl groups excluding tert-OH is 1. The highest BCUT2D eigenvalue weighted by Gasteiger charge is 1.72. The van der Waals surface area contributed by atoms with Gasteiger partial charge in [-0.25, -0.2) is 0 Å². The Morgan fingerprint density at radius 2 is 1.80 bits per heavy atom. The van der Waals surface area contributed by atoms with Gasteiger partial charge in [0.2, 0.25) is 0 Å². The molecule has 0 aliphatic carbocycles. The third kappa shape index (κ3) is 7.44. The highest BCUT2D eigenvalue weighted by molar-refractivity contribution is 4.92. The molecule has 0 fully saturated rings. The van der Waals surface area contributed by atoms with Crippen molar-refractivity contribution in [1.29, 1.82) is 0 Å². The quantitative estimate of drug-likeness (QED) is 0.581. The minimum atomic E-state index is 0.258. The number of hydrogen-bond donors (Lipinski definition) is 1. The van der Waals surface area contributed by atoms with Gasteiger partial charge in [0.25, 0.3) is 0 Å². The van der Waals surface area contributed by atoms with Gasteiger partial charge in [-0.3, -0.25) is 0 Å². The van der Waals surface area contributed by atoms with Crippen molar-refractivity contribution in [3.8, 4) is 0 Å². The molecule has 0 unspecified atom stereocenters. The Kier molecular flexibility index (Phi) is 7.97. The van der Waals surface area contributed by atoms with Crippen LogP contribution in [0.15, 0.2) is 24.3 Å². The van der Waals surface area contributed by atoms with Crippen molar-refractivity contribution in [3.63, 3.8) is 0 Å². The Morgan fingerprint density at radius 1 is 1.10 bits per heavy atom. The van der Waals surface area contributed by atoms with Gasteiger partial charge in [-0.1, -0.05) is 31.2 Å². The lowest BCUT2D eigenvalue weighted by atomic mass is 10.3. The summed E-state index contributed by atoms with van der Waals surface area (Å²) in [6, 6.07) is 0. The first-order valence-corrected chi connectivity index (χ1v) is 3.82. The van der Waals surface area contributed by atoms with Gasteiger partial charge in [0.15, 0.2) is 0 Å². The first-order chi connectivity index (χ1) is 4.91. The molecule has 0 radical (unpaired) electrons. The van der Waals surface area contributed by atoms with Crippen LogP contribution in [0, 0.1) is 0 Å². The van der Waals surface area contributed by atoms with E-state index in [-0.39, 0.29) is 6.61 Å². The second-order valence-electron chi connectivity index (χ2n) is 2.10. The molecule has 58 valence electrons. The van der Waals surface area contributed by atoms with E-state index >= 15 is 0 Å². The largest absolute Gasteiger partial charge is 0.396 e. The van der Waals surface area contributed by atoms with Crippen molar-refractivity contribution in [2.45, 2.75) is 26.2 Å². The smallest absolute Gasteiger partial charge is 0.0465 e. The van der Waals surface area contributed by atoms with Crippen LogP contribution in [0.25, 0.3) is 0 Å². The van der Waals surface area contributed by atoms with Crippen LogP contribution in [0.2, 0.25) is 0 Å². The summed E-state index contributed by atoms with van der Waals surface area (Å²) in [7, 11) is 0. The third-order valence-corrected chi connectivity index (χ3v) is 1.14. The predicted molar refractivity (Wildman–Crippen MR) is 44.9 cm³/mol. The van der Waals surface area contributed by atoms with E-state index in [1.807, 2.05) is 6.08 Å². The maximum atomic E-state index is 8.40. The summed E-state index contributed by atoms with van der Waals surface area (Å²) >= 11 is 0. The molecule has 0 aromatic rings. The van der Waals surface area contributed by atoms with Crippen LogP contribution in [0.3, 0.4) is 0 Å². The van der Waals surface area contributed by atoms with Crippen molar-refractivity contribution < 1.29 is 5.11 Å². The normalized spacial score (nSPS) is 11.8. The molecule has 0 amide bonds. The summed E-state index contributed by atoms with van der Waals surface area (Å²) in [4.78, 5) is 0. The van der Waals surface area contributed by atoms with Crippen LogP contribution in [-0.4, -0.2) is 11.7 Å². The van der Waals surface area contributed by atoms with E-state index in [0.29, 0.717) is 0 Å². The molecule has 0 aromatic carbocycles. The van der Waals surface area contributed by atoms with E-state index in [1.165, 1.54) is 0 Å². The molecule has 0 aromatic heterocycles. The number of allylic oxidation sites excluding steroid dienone is 3. The molecule has 0 rings (SSSR count). The predicted octanol–water partition coefficient (Wildman–Crippen LogP) is 2.28. The van der Waals surface area contributed by atoms with E-state index in [0.717, 1.165) is 19.3 Å². The van der Waals surface area contributed by atoms with Crippen LogP contribution in [-0.2, 0) is 0 Å². The molecule has 1 nitrogen and oxygen atoms in total. The highest BCUT2D eigenvalue weighted by atomic mass is 16.2. The summed E-state index contributed by atoms with van der Waals surface area (Å²) in [5.74, 6) is 0. The average molecular weight is 140 g/mol. The van der Waals surface area contributed by atoms with Gasteiger partial charge >= 0.3 is 0 Å². The lowest BCUT2D eigenvalue weighted by Gasteiger charge is -1.83. The Hall–Kier alpha value is -0.560. The molecule has 0 heterocycles. The molecule has 0 spiro atoms. The summed E-state index contributed by atoms with van der Waals surface area (Å²) in [5.41, 5.74) is 0. The monoisotopic (exact) mass is 140 g/mol. The molecule has 0 bridgehead atoms. The Labute approximate surface area is 63.1 Å². The maximum Gasteiger partial charge on any atom is 0.0465 e. The third-order valence-electron chi connectivity index (χ3n) is 1.14. The van der Waals surface area contributed by atoms with Gasteiger partial charge < -0.3 is 5.11 Å². The van der Waals surface area contributed by atoms with E-state index in [4.69, 9.17) is 5.11 Å². The SMILES string of the molecule is CC/C=C/C/C=C/CCO. The van der Waals surface area contributed by atoms with Gasteiger partial charge in [0.1, 0.15) is 0 Å². The fourth-order valence-corrected chi connectivity index (χ4v) is 0.630. The van der Waals surface area contributed by atoms with Crippen LogP contribution in [0.4, 0.5) is 0 Å². The summed E-state index contributed by atoms with van der Waals surface area (Å²) in [6.07, 6.45) is 11.2. The topological polar surface area (TPSA) is 20.2 Å². The van der Waals surface area contributed by atoms with Gasteiger partial charge in [-0.2, -0.15) is 0 Å². The highest BCUT2D eigenvalue weighted by Crippen LogP contribution is 1.89. The second-order valence-corrected chi connectivity index (χ2v) is 2.10. The first-order valence-electron chi connectivity index (χ1n) is 3.82. The van der Waals surface area contributed by atoms with Crippen LogP contribution < -0.4 is 0 Å². The van der Waals surface area contributed by atoms with Crippen molar-refractivity contribution in [2.24, 2.45) is 0 Å². The zero-order valence-corrected chi connectivity index (χ0v) is 6.59. The summed E-state index contributed by atoms with van der Waals surface area (Å²) < 4.78 is 0. The van der Waals surface area contributed by atoms with E-state index in [1.54, 1.807) is 0 Å². The minimum absolute atomic E-state index is 0.258. The zero-order valence-electron chi connectivity index (χ0n) is 6.59. The fraction of sp³-hybridized carbons (Fsp3) is 0.556. The van der Waals surface area contributed by atoms with Crippen molar-refractivity contribution in [3.05, 3.63) is 24.3 Å². The Bertz CT molecular complexity index is 103. The number of hydrogen-bond acceptors (Lipinski definition) is 1. The lowest BCUT2D eigenvalue weighted by Crippen LogP contribution is -1.74. The van der Waals surface area contributed by atoms with Crippen molar-refractivity contribution in [2.75, 3.05) is 6.61 Å². The van der Waals surface area contributed by atoms with Crippen molar-refractivity contribution >= 4 is 0 Å². The molecule has 0 aliphatic rings. The van der Waals surface area contributed by atoms with Crippen LogP contribution >= 0.6 is 0 Å². The van der Waals surface area contributed by atoms with Crippen molar-refractivity contribution in [1.82, 2.24) is 0 Å². The van der Waals surface area contributed by atoms with Gasteiger partial charge in [0.05, 0.1) is 0 Å². The summed E-state index contributed by atoms with van der Waals surface area (Å²) in [6.45, 7) is 2.38. The number of aliphatic hydroxyl groups is 1. The molecule has 0 aliphatic heterocycles. The molecule has 1 heteroatoms. The molecule has 10 heavy (non-hydrogen) atoms. The van der Waals surface area contributed by atoms with Gasteiger partial charge in [-0.15, -0.1) is 0 Å². The van der Waals surface area contributed by atoms with Gasteiger partial charge in [0, 0.05) is 6.61 Å². The standard InChI is InChI=1S/C9H16O/c1-2-3-4-5-6-7-8-9-10/h3-4,6-7,10H,2,5,8-9H2,1H3/b4-3+,7-6+. The van der Waals surface area contributed by atoms with E-state index in [2.05, 4.69) is 25.2 Å². The van der Waals surface area contributed by atoms with E-state index < -0.39 is 0 Å².